The average molecular weight is 1150 g/mol. The Kier molecular flexibility index (Phi) is 69.9. The quantitative estimate of drug-likeness (QED) is 0.0320. The number of hydrogen-bond acceptors (Lipinski definition) is 5. The van der Waals surface area contributed by atoms with Gasteiger partial charge < -0.3 is 20.3 Å². The van der Waals surface area contributed by atoms with Gasteiger partial charge in [0.2, 0.25) is 5.91 Å². The van der Waals surface area contributed by atoms with Crippen LogP contribution in [0.3, 0.4) is 0 Å². The number of esters is 1. The molecule has 6 nitrogen and oxygen atoms in total. The number of amides is 1. The van der Waals surface area contributed by atoms with E-state index in [-0.39, 0.29) is 18.5 Å². The Hall–Kier alpha value is -1.92. The van der Waals surface area contributed by atoms with Gasteiger partial charge in [-0.1, -0.05) is 371 Å². The fourth-order valence-corrected chi connectivity index (χ4v) is 11.7. The fourth-order valence-electron chi connectivity index (χ4n) is 11.7. The maximum atomic E-state index is 12.5. The molecule has 0 aromatic rings. The van der Waals surface area contributed by atoms with E-state index in [9.17, 15) is 19.8 Å². The van der Waals surface area contributed by atoms with E-state index < -0.39 is 12.1 Å². The second kappa shape index (κ2) is 71.6. The van der Waals surface area contributed by atoms with Gasteiger partial charge in [0.1, 0.15) is 0 Å². The first-order valence-corrected chi connectivity index (χ1v) is 37.3. The molecule has 82 heavy (non-hydrogen) atoms. The van der Waals surface area contributed by atoms with Crippen molar-refractivity contribution in [2.45, 2.75) is 424 Å². The third-order valence-electron chi connectivity index (χ3n) is 17.4. The van der Waals surface area contributed by atoms with Crippen molar-refractivity contribution in [1.82, 2.24) is 5.32 Å². The number of rotatable bonds is 70. The van der Waals surface area contributed by atoms with Gasteiger partial charge in [-0.15, -0.1) is 0 Å². The lowest BCUT2D eigenvalue weighted by molar-refractivity contribution is -0.143. The van der Waals surface area contributed by atoms with E-state index in [1.54, 1.807) is 6.08 Å². The van der Waals surface area contributed by atoms with Crippen molar-refractivity contribution in [3.05, 3.63) is 36.5 Å². The standard InChI is InChI=1S/C76H145NO5/c1-3-5-7-9-11-13-15-17-19-42-46-50-54-58-62-66-70-76(81)82-71-67-63-59-55-51-47-43-40-38-36-34-32-30-28-26-24-22-20-21-23-25-27-29-31-33-35-37-39-41-45-49-53-57-61-65-69-75(80)77-73(72-78)74(79)68-64-60-56-52-48-44-18-16-14-12-10-8-6-4-2/h22,24,28,30,64,68,73-74,78-79H,3-21,23,25-27,29,31-63,65-67,69-72H2,1-2H3,(H,77,80)/b24-22-,30-28-,68-64+. The lowest BCUT2D eigenvalue weighted by Gasteiger charge is -2.20. The number of carbonyl (C=O) groups excluding carboxylic acids is 2. The number of allylic oxidation sites excluding steroid dienone is 5. The van der Waals surface area contributed by atoms with Gasteiger partial charge in [-0.05, 0) is 64.2 Å². The Labute approximate surface area is 513 Å². The topological polar surface area (TPSA) is 95.9 Å². The van der Waals surface area contributed by atoms with Crippen LogP contribution in [0.2, 0.25) is 0 Å². The molecule has 0 fully saturated rings. The molecule has 0 saturated heterocycles. The highest BCUT2D eigenvalue weighted by Gasteiger charge is 2.18. The van der Waals surface area contributed by atoms with Gasteiger partial charge in [0, 0.05) is 12.8 Å². The molecular weight excluding hydrogens is 1010 g/mol. The van der Waals surface area contributed by atoms with E-state index in [0.29, 0.717) is 19.4 Å². The highest BCUT2D eigenvalue weighted by molar-refractivity contribution is 5.76. The average Bonchev–Trinajstić information content (AvgIpc) is 3.48. The lowest BCUT2D eigenvalue weighted by atomic mass is 10.0. The Morgan fingerprint density at radius 1 is 0.341 bits per heavy atom. The molecule has 0 bridgehead atoms. The van der Waals surface area contributed by atoms with E-state index in [1.807, 2.05) is 6.08 Å². The molecule has 2 unspecified atom stereocenters. The van der Waals surface area contributed by atoms with Crippen LogP contribution in [0, 0.1) is 0 Å². The summed E-state index contributed by atoms with van der Waals surface area (Å²) < 4.78 is 5.50. The van der Waals surface area contributed by atoms with E-state index in [4.69, 9.17) is 4.74 Å². The maximum absolute atomic E-state index is 12.5. The Morgan fingerprint density at radius 3 is 0.927 bits per heavy atom. The van der Waals surface area contributed by atoms with Crippen LogP contribution in [0.1, 0.15) is 412 Å². The maximum Gasteiger partial charge on any atom is 0.305 e. The Bertz CT molecular complexity index is 1330. The second-order valence-corrected chi connectivity index (χ2v) is 25.6. The summed E-state index contributed by atoms with van der Waals surface area (Å²) in [6.07, 6.45) is 92.5. The lowest BCUT2D eigenvalue weighted by Crippen LogP contribution is -2.45. The third kappa shape index (κ3) is 67.2. The van der Waals surface area contributed by atoms with Crippen LogP contribution in [0.15, 0.2) is 36.5 Å². The number of aliphatic hydroxyl groups is 2. The first-order valence-electron chi connectivity index (χ1n) is 37.3. The summed E-state index contributed by atoms with van der Waals surface area (Å²) in [7, 11) is 0. The first-order chi connectivity index (χ1) is 40.5. The van der Waals surface area contributed by atoms with Crippen molar-refractivity contribution in [2.75, 3.05) is 13.2 Å². The molecule has 0 aromatic heterocycles. The molecule has 2 atom stereocenters. The van der Waals surface area contributed by atoms with Crippen molar-refractivity contribution in [3.8, 4) is 0 Å². The molecule has 0 rings (SSSR count). The van der Waals surface area contributed by atoms with E-state index in [2.05, 4.69) is 43.5 Å². The first kappa shape index (κ1) is 80.1. The van der Waals surface area contributed by atoms with Crippen molar-refractivity contribution < 1.29 is 24.5 Å². The smallest absolute Gasteiger partial charge is 0.305 e. The molecule has 0 aromatic carbocycles. The molecule has 0 aliphatic heterocycles. The normalized spacial score (nSPS) is 12.7. The predicted molar refractivity (Wildman–Crippen MR) is 361 cm³/mol. The van der Waals surface area contributed by atoms with Gasteiger partial charge in [0.15, 0.2) is 0 Å². The van der Waals surface area contributed by atoms with Gasteiger partial charge in [0.05, 0.1) is 25.4 Å². The van der Waals surface area contributed by atoms with Crippen LogP contribution in [0.25, 0.3) is 0 Å². The van der Waals surface area contributed by atoms with Gasteiger partial charge in [-0.3, -0.25) is 9.59 Å². The zero-order valence-corrected chi connectivity index (χ0v) is 55.5. The molecule has 0 radical (unpaired) electrons. The summed E-state index contributed by atoms with van der Waals surface area (Å²) in [6, 6.07) is -0.626. The van der Waals surface area contributed by atoms with Crippen molar-refractivity contribution in [1.29, 1.82) is 0 Å². The summed E-state index contributed by atoms with van der Waals surface area (Å²) >= 11 is 0. The molecule has 3 N–H and O–H groups in total. The largest absolute Gasteiger partial charge is 0.466 e. The van der Waals surface area contributed by atoms with Gasteiger partial charge >= 0.3 is 5.97 Å². The third-order valence-corrected chi connectivity index (χ3v) is 17.4. The minimum Gasteiger partial charge on any atom is -0.466 e. The summed E-state index contributed by atoms with van der Waals surface area (Å²) in [5.41, 5.74) is 0. The number of hydrogen-bond donors (Lipinski definition) is 3. The monoisotopic (exact) mass is 1150 g/mol. The highest BCUT2D eigenvalue weighted by Crippen LogP contribution is 2.19. The van der Waals surface area contributed by atoms with Crippen LogP contribution >= 0.6 is 0 Å². The van der Waals surface area contributed by atoms with Gasteiger partial charge in [-0.2, -0.15) is 0 Å². The minimum atomic E-state index is -0.842. The van der Waals surface area contributed by atoms with Crippen LogP contribution in [-0.4, -0.2) is 47.4 Å². The number of carbonyl (C=O) groups is 2. The van der Waals surface area contributed by atoms with Gasteiger partial charge in [-0.25, -0.2) is 0 Å². The molecule has 0 spiro atoms. The Morgan fingerprint density at radius 2 is 0.610 bits per heavy atom. The summed E-state index contributed by atoms with van der Waals surface area (Å²) in [5, 5.41) is 23.1. The second-order valence-electron chi connectivity index (χ2n) is 25.6. The van der Waals surface area contributed by atoms with E-state index in [1.165, 1.54) is 340 Å². The molecule has 484 valence electrons. The summed E-state index contributed by atoms with van der Waals surface area (Å²) in [4.78, 5) is 24.6. The molecule has 0 heterocycles. The zero-order valence-electron chi connectivity index (χ0n) is 55.5. The molecule has 0 saturated carbocycles. The molecule has 1 amide bonds. The van der Waals surface area contributed by atoms with Crippen LogP contribution in [-0.2, 0) is 14.3 Å². The van der Waals surface area contributed by atoms with Gasteiger partial charge in [0.25, 0.3) is 0 Å². The highest BCUT2D eigenvalue weighted by atomic mass is 16.5. The van der Waals surface area contributed by atoms with E-state index >= 15 is 0 Å². The Balaban J connectivity index is 3.36. The van der Waals surface area contributed by atoms with Crippen molar-refractivity contribution in [2.24, 2.45) is 0 Å². The number of unbranched alkanes of at least 4 members (excludes halogenated alkanes) is 55. The minimum absolute atomic E-state index is 0.0205. The fraction of sp³-hybridized carbons (Fsp3) is 0.895. The number of nitrogens with one attached hydrogen (secondary N) is 1. The summed E-state index contributed by atoms with van der Waals surface area (Å²) in [5.74, 6) is -0.0432. The van der Waals surface area contributed by atoms with E-state index in [0.717, 1.165) is 44.9 Å². The molecular formula is C76H145NO5. The number of aliphatic hydroxyl groups excluding tert-OH is 2. The zero-order chi connectivity index (χ0) is 59.2. The van der Waals surface area contributed by atoms with Crippen LogP contribution < -0.4 is 5.32 Å². The SMILES string of the molecule is CCCCCCCCCCCCCC/C=C/C(O)C(CO)NC(=O)CCCCCCCCCCCCCCCCCCC/C=C\C/C=C\CCCCCCCCCCCCCOC(=O)CCCCCCCCCCCCCCCCCC. The van der Waals surface area contributed by atoms with Crippen molar-refractivity contribution in [3.63, 3.8) is 0 Å². The van der Waals surface area contributed by atoms with Crippen molar-refractivity contribution >= 4 is 11.9 Å². The predicted octanol–water partition coefficient (Wildman–Crippen LogP) is 24.3. The molecule has 6 heteroatoms. The number of ether oxygens (including phenoxy) is 1. The molecule has 0 aliphatic rings. The summed E-state index contributed by atoms with van der Waals surface area (Å²) in [6.45, 7) is 4.94. The van der Waals surface area contributed by atoms with Crippen LogP contribution in [0.4, 0.5) is 0 Å². The van der Waals surface area contributed by atoms with Crippen LogP contribution in [0.5, 0.6) is 0 Å². The molecule has 0 aliphatic carbocycles.